The Morgan fingerprint density at radius 1 is 0.895 bits per heavy atom. The molecule has 3 aromatic heterocycles. The van der Waals surface area contributed by atoms with Gasteiger partial charge in [0, 0.05) is 44.5 Å². The van der Waals surface area contributed by atoms with Gasteiger partial charge in [-0.15, -0.1) is 11.8 Å². The Morgan fingerprint density at radius 2 is 1.68 bits per heavy atom. The van der Waals surface area contributed by atoms with Crippen molar-refractivity contribution in [3.8, 4) is 17.0 Å². The van der Waals surface area contributed by atoms with Gasteiger partial charge in [-0.3, -0.25) is 15.0 Å². The summed E-state index contributed by atoms with van der Waals surface area (Å²) in [4.78, 5) is 14.2. The van der Waals surface area contributed by atoms with Crippen LogP contribution in [0.3, 0.4) is 0 Å². The Labute approximate surface area is 227 Å². The molecule has 0 radical (unpaired) electrons. The SMILES string of the molecule is Cc1cnc(COc2ccc3c(c2)c(SC(C)(C)C)c(C)n3Cc2ccc(-c3ccc(F)cn3)cc2)cn1. The molecule has 194 valence electrons. The van der Waals surface area contributed by atoms with E-state index in [4.69, 9.17) is 4.74 Å². The Balaban J connectivity index is 1.45. The number of thioether (sulfide) groups is 1. The number of aryl methyl sites for hydroxylation is 1. The van der Waals surface area contributed by atoms with E-state index in [2.05, 4.69) is 71.5 Å². The van der Waals surface area contributed by atoms with E-state index in [1.165, 1.54) is 39.3 Å². The smallest absolute Gasteiger partial charge is 0.141 e. The molecule has 38 heavy (non-hydrogen) atoms. The van der Waals surface area contributed by atoms with E-state index in [1.54, 1.807) is 18.5 Å². The summed E-state index contributed by atoms with van der Waals surface area (Å²) in [6.07, 6.45) is 4.76. The molecule has 5 aromatic rings. The van der Waals surface area contributed by atoms with Gasteiger partial charge in [0.15, 0.2) is 0 Å². The molecule has 0 unspecified atom stereocenters. The fourth-order valence-corrected chi connectivity index (χ4v) is 5.46. The lowest BCUT2D eigenvalue weighted by Gasteiger charge is -2.18. The maximum Gasteiger partial charge on any atom is 0.141 e. The summed E-state index contributed by atoms with van der Waals surface area (Å²) in [5.74, 6) is 0.477. The molecule has 3 heterocycles. The third-order valence-electron chi connectivity index (χ3n) is 6.18. The highest BCUT2D eigenvalue weighted by Gasteiger charge is 2.21. The van der Waals surface area contributed by atoms with E-state index >= 15 is 0 Å². The monoisotopic (exact) mass is 526 g/mol. The normalized spacial score (nSPS) is 11.7. The first-order valence-corrected chi connectivity index (χ1v) is 13.4. The number of hydrogen-bond acceptors (Lipinski definition) is 5. The van der Waals surface area contributed by atoms with Gasteiger partial charge >= 0.3 is 0 Å². The number of pyridine rings is 1. The third-order valence-corrected chi connectivity index (χ3v) is 7.52. The summed E-state index contributed by atoms with van der Waals surface area (Å²) in [6, 6.07) is 17.8. The van der Waals surface area contributed by atoms with Gasteiger partial charge in [0.1, 0.15) is 18.2 Å². The Kier molecular flexibility index (Phi) is 7.21. The van der Waals surface area contributed by atoms with Crippen LogP contribution in [0.4, 0.5) is 4.39 Å². The molecule has 0 aliphatic carbocycles. The number of halogens is 1. The van der Waals surface area contributed by atoms with Crippen molar-refractivity contribution < 1.29 is 9.13 Å². The number of aromatic nitrogens is 4. The van der Waals surface area contributed by atoms with Gasteiger partial charge in [-0.1, -0.05) is 45.0 Å². The second-order valence-corrected chi connectivity index (χ2v) is 12.2. The minimum atomic E-state index is -0.332. The van der Waals surface area contributed by atoms with Crippen LogP contribution in [0.5, 0.6) is 5.75 Å². The molecule has 5 nitrogen and oxygen atoms in total. The van der Waals surface area contributed by atoms with Gasteiger partial charge in [-0.25, -0.2) is 4.39 Å². The second kappa shape index (κ2) is 10.6. The van der Waals surface area contributed by atoms with Crippen molar-refractivity contribution >= 4 is 22.7 Å². The lowest BCUT2D eigenvalue weighted by Crippen LogP contribution is -2.07. The molecule has 0 saturated carbocycles. The van der Waals surface area contributed by atoms with Crippen LogP contribution >= 0.6 is 11.8 Å². The molecule has 0 spiro atoms. The van der Waals surface area contributed by atoms with Crippen LogP contribution in [-0.2, 0) is 13.2 Å². The van der Waals surface area contributed by atoms with Gasteiger partial charge in [0.2, 0.25) is 0 Å². The summed E-state index contributed by atoms with van der Waals surface area (Å²) in [7, 11) is 0. The molecule has 0 N–H and O–H groups in total. The lowest BCUT2D eigenvalue weighted by atomic mass is 10.1. The van der Waals surface area contributed by atoms with Crippen LogP contribution < -0.4 is 4.74 Å². The average molecular weight is 527 g/mol. The summed E-state index contributed by atoms with van der Waals surface area (Å²) in [5.41, 5.74) is 6.99. The van der Waals surface area contributed by atoms with Crippen molar-refractivity contribution in [1.29, 1.82) is 0 Å². The van der Waals surface area contributed by atoms with Crippen LogP contribution in [0.2, 0.25) is 0 Å². The molecule has 0 saturated heterocycles. The zero-order chi connectivity index (χ0) is 26.9. The van der Waals surface area contributed by atoms with E-state index in [0.29, 0.717) is 6.61 Å². The standard InChI is InChI=1S/C31H31FN4OS/c1-20-15-34-25(17-33-20)19-37-26-11-13-29-27(14-26)30(38-31(3,4)5)21(2)36(29)18-22-6-8-23(9-7-22)28-12-10-24(32)16-35-28/h6-17H,18-19H2,1-5H3. The number of nitrogens with zero attached hydrogens (tertiary/aromatic N) is 4. The largest absolute Gasteiger partial charge is 0.487 e. The van der Waals surface area contributed by atoms with E-state index < -0.39 is 0 Å². The van der Waals surface area contributed by atoms with E-state index in [9.17, 15) is 4.39 Å². The van der Waals surface area contributed by atoms with Crippen molar-refractivity contribution in [1.82, 2.24) is 19.5 Å². The molecular formula is C31H31FN4OS. The quantitative estimate of drug-likeness (QED) is 0.203. The number of ether oxygens (including phenoxy) is 1. The molecule has 0 bridgehead atoms. The number of fused-ring (bicyclic) bond motifs is 1. The lowest BCUT2D eigenvalue weighted by molar-refractivity contribution is 0.301. The Bertz CT molecular complexity index is 1550. The Hall–Kier alpha value is -3.71. The third kappa shape index (κ3) is 5.89. The minimum Gasteiger partial charge on any atom is -0.487 e. The minimum absolute atomic E-state index is 0.0576. The maximum absolute atomic E-state index is 13.3. The summed E-state index contributed by atoms with van der Waals surface area (Å²) in [5, 5.41) is 1.18. The molecular weight excluding hydrogens is 495 g/mol. The fourth-order valence-electron chi connectivity index (χ4n) is 4.32. The van der Waals surface area contributed by atoms with Gasteiger partial charge in [-0.05, 0) is 49.7 Å². The van der Waals surface area contributed by atoms with Gasteiger partial charge in [-0.2, -0.15) is 0 Å². The summed E-state index contributed by atoms with van der Waals surface area (Å²) in [6.45, 7) is 11.9. The van der Waals surface area contributed by atoms with Crippen molar-refractivity contribution in [3.05, 3.63) is 102 Å². The van der Waals surface area contributed by atoms with Crippen LogP contribution in [-0.4, -0.2) is 24.3 Å². The van der Waals surface area contributed by atoms with E-state index in [1.807, 2.05) is 36.9 Å². The van der Waals surface area contributed by atoms with Crippen molar-refractivity contribution in [2.75, 3.05) is 0 Å². The fraction of sp³-hybridized carbons (Fsp3) is 0.258. The second-order valence-electron chi connectivity index (χ2n) is 10.4. The highest BCUT2D eigenvalue weighted by Crippen LogP contribution is 2.42. The predicted molar refractivity (Wildman–Crippen MR) is 152 cm³/mol. The zero-order valence-corrected chi connectivity index (χ0v) is 23.1. The van der Waals surface area contributed by atoms with Crippen molar-refractivity contribution in [2.24, 2.45) is 0 Å². The first kappa shape index (κ1) is 25.9. The summed E-state index contributed by atoms with van der Waals surface area (Å²) < 4.78 is 21.8. The number of rotatable bonds is 7. The van der Waals surface area contributed by atoms with Gasteiger partial charge in [0.05, 0.1) is 29.5 Å². The van der Waals surface area contributed by atoms with Gasteiger partial charge in [0.25, 0.3) is 0 Å². The molecule has 0 fully saturated rings. The molecule has 0 aliphatic heterocycles. The maximum atomic E-state index is 13.3. The van der Waals surface area contributed by atoms with Crippen LogP contribution in [0.1, 0.15) is 43.4 Å². The molecule has 0 atom stereocenters. The number of hydrogen-bond donors (Lipinski definition) is 0. The highest BCUT2D eigenvalue weighted by atomic mass is 32.2. The van der Waals surface area contributed by atoms with E-state index in [0.717, 1.165) is 34.9 Å². The zero-order valence-electron chi connectivity index (χ0n) is 22.3. The molecule has 0 amide bonds. The van der Waals surface area contributed by atoms with Crippen molar-refractivity contribution in [2.45, 2.75) is 57.4 Å². The highest BCUT2D eigenvalue weighted by molar-refractivity contribution is 8.00. The van der Waals surface area contributed by atoms with Crippen LogP contribution in [0.15, 0.2) is 78.1 Å². The van der Waals surface area contributed by atoms with Gasteiger partial charge < -0.3 is 9.30 Å². The molecule has 7 heteroatoms. The predicted octanol–water partition coefficient (Wildman–Crippen LogP) is 7.77. The first-order chi connectivity index (χ1) is 18.2. The Morgan fingerprint density at radius 3 is 2.34 bits per heavy atom. The topological polar surface area (TPSA) is 52.8 Å². The average Bonchev–Trinajstić information content (AvgIpc) is 3.13. The molecule has 2 aromatic carbocycles. The van der Waals surface area contributed by atoms with Crippen LogP contribution in [0.25, 0.3) is 22.2 Å². The first-order valence-electron chi connectivity index (χ1n) is 12.6. The summed E-state index contributed by atoms with van der Waals surface area (Å²) >= 11 is 1.88. The van der Waals surface area contributed by atoms with Crippen LogP contribution in [0, 0.1) is 19.7 Å². The number of benzene rings is 2. The van der Waals surface area contributed by atoms with E-state index in [-0.39, 0.29) is 10.6 Å². The molecule has 5 rings (SSSR count). The molecule has 0 aliphatic rings. The van der Waals surface area contributed by atoms with Crippen molar-refractivity contribution in [3.63, 3.8) is 0 Å².